The van der Waals surface area contributed by atoms with Crippen LogP contribution in [0.25, 0.3) is 0 Å². The number of Topliss-reactive ketones (excluding diaryl/α,β-unsaturated/α-hetero) is 1. The van der Waals surface area contributed by atoms with Crippen molar-refractivity contribution < 1.29 is 14.3 Å². The van der Waals surface area contributed by atoms with Crippen LogP contribution in [0.1, 0.15) is 38.3 Å². The Morgan fingerprint density at radius 1 is 1.33 bits per heavy atom. The molecule has 0 bridgehead atoms. The normalized spacial score (nSPS) is 13.3. The van der Waals surface area contributed by atoms with Gasteiger partial charge in [-0.3, -0.25) is 9.59 Å². The maximum absolute atomic E-state index is 12.1. The van der Waals surface area contributed by atoms with Crippen molar-refractivity contribution >= 4 is 11.7 Å². The average molecular weight is 292 g/mol. The molecule has 0 fully saturated rings. The van der Waals surface area contributed by atoms with E-state index < -0.39 is 17.7 Å². The van der Waals surface area contributed by atoms with Crippen molar-refractivity contribution in [2.24, 2.45) is 0 Å². The number of carbonyl (C=O) groups is 2. The van der Waals surface area contributed by atoms with Gasteiger partial charge in [0.1, 0.15) is 5.75 Å². The molecule has 0 saturated carbocycles. The SMILES string of the molecule is CCCC(NC)C(=O)C(=O)NC(C)c1cccc(OC)c1. The van der Waals surface area contributed by atoms with Crippen molar-refractivity contribution in [1.29, 1.82) is 0 Å². The van der Waals surface area contributed by atoms with Gasteiger partial charge >= 0.3 is 0 Å². The highest BCUT2D eigenvalue weighted by Gasteiger charge is 2.24. The smallest absolute Gasteiger partial charge is 0.289 e. The lowest BCUT2D eigenvalue weighted by Gasteiger charge is -2.17. The lowest BCUT2D eigenvalue weighted by Crippen LogP contribution is -2.44. The number of carbonyl (C=O) groups excluding carboxylic acids is 2. The zero-order chi connectivity index (χ0) is 15.8. The summed E-state index contributed by atoms with van der Waals surface area (Å²) < 4.78 is 5.16. The first kappa shape index (κ1) is 17.2. The van der Waals surface area contributed by atoms with Crippen LogP contribution in [0, 0.1) is 0 Å². The van der Waals surface area contributed by atoms with Crippen molar-refractivity contribution in [3.8, 4) is 5.75 Å². The average Bonchev–Trinajstić information content (AvgIpc) is 2.51. The maximum Gasteiger partial charge on any atom is 0.289 e. The number of amides is 1. The summed E-state index contributed by atoms with van der Waals surface area (Å²) in [5.41, 5.74) is 0.895. The molecule has 2 N–H and O–H groups in total. The third-order valence-corrected chi connectivity index (χ3v) is 3.41. The van der Waals surface area contributed by atoms with E-state index in [0.717, 1.165) is 17.7 Å². The topological polar surface area (TPSA) is 67.4 Å². The van der Waals surface area contributed by atoms with Crippen molar-refractivity contribution in [2.75, 3.05) is 14.2 Å². The highest BCUT2D eigenvalue weighted by atomic mass is 16.5. The van der Waals surface area contributed by atoms with Crippen LogP contribution in [0.3, 0.4) is 0 Å². The number of nitrogens with one attached hydrogen (secondary N) is 2. The largest absolute Gasteiger partial charge is 0.497 e. The van der Waals surface area contributed by atoms with Gasteiger partial charge in [-0.2, -0.15) is 0 Å². The molecule has 0 aromatic heterocycles. The molecular formula is C16H24N2O3. The Labute approximate surface area is 126 Å². The molecule has 2 atom stereocenters. The number of ether oxygens (including phenoxy) is 1. The summed E-state index contributed by atoms with van der Waals surface area (Å²) in [6, 6.07) is 6.74. The minimum Gasteiger partial charge on any atom is -0.497 e. The van der Waals surface area contributed by atoms with Crippen LogP contribution in [-0.4, -0.2) is 31.9 Å². The lowest BCUT2D eigenvalue weighted by atomic mass is 10.0. The van der Waals surface area contributed by atoms with E-state index in [-0.39, 0.29) is 6.04 Å². The van der Waals surface area contributed by atoms with Crippen LogP contribution >= 0.6 is 0 Å². The molecule has 5 nitrogen and oxygen atoms in total. The molecule has 21 heavy (non-hydrogen) atoms. The van der Waals surface area contributed by atoms with Gasteiger partial charge in [0, 0.05) is 0 Å². The van der Waals surface area contributed by atoms with Crippen molar-refractivity contribution in [2.45, 2.75) is 38.8 Å². The lowest BCUT2D eigenvalue weighted by molar-refractivity contribution is -0.139. The number of likely N-dealkylation sites (N-methyl/N-ethyl adjacent to an activating group) is 1. The predicted octanol–water partition coefficient (Wildman–Crippen LogP) is 1.83. The quantitative estimate of drug-likeness (QED) is 0.717. The number of benzene rings is 1. The van der Waals surface area contributed by atoms with E-state index in [1.807, 2.05) is 38.1 Å². The fraction of sp³-hybridized carbons (Fsp3) is 0.500. The molecule has 2 unspecified atom stereocenters. The highest BCUT2D eigenvalue weighted by molar-refractivity contribution is 6.38. The van der Waals surface area contributed by atoms with Crippen LogP contribution in [-0.2, 0) is 9.59 Å². The summed E-state index contributed by atoms with van der Waals surface area (Å²) in [7, 11) is 3.28. The van der Waals surface area contributed by atoms with Gasteiger partial charge < -0.3 is 15.4 Å². The highest BCUT2D eigenvalue weighted by Crippen LogP contribution is 2.18. The third kappa shape index (κ3) is 4.86. The molecule has 1 amide bonds. The zero-order valence-electron chi connectivity index (χ0n) is 13.1. The minimum atomic E-state index is -0.557. The second-order valence-corrected chi connectivity index (χ2v) is 4.97. The van der Waals surface area contributed by atoms with Gasteiger partial charge in [0.05, 0.1) is 19.2 Å². The summed E-state index contributed by atoms with van der Waals surface area (Å²) in [4.78, 5) is 24.1. The van der Waals surface area contributed by atoms with Gasteiger partial charge in [-0.05, 0) is 38.1 Å². The van der Waals surface area contributed by atoms with E-state index in [1.54, 1.807) is 14.2 Å². The molecule has 116 valence electrons. The van der Waals surface area contributed by atoms with Gasteiger partial charge in [-0.1, -0.05) is 25.5 Å². The van der Waals surface area contributed by atoms with E-state index >= 15 is 0 Å². The molecule has 0 heterocycles. The Hall–Kier alpha value is -1.88. The first-order valence-corrected chi connectivity index (χ1v) is 7.19. The summed E-state index contributed by atoms with van der Waals surface area (Å²) in [6.45, 7) is 3.82. The second-order valence-electron chi connectivity index (χ2n) is 4.97. The number of hydrogen-bond acceptors (Lipinski definition) is 4. The van der Waals surface area contributed by atoms with Crippen molar-refractivity contribution in [3.63, 3.8) is 0 Å². The molecule has 5 heteroatoms. The first-order chi connectivity index (χ1) is 10.0. The number of methoxy groups -OCH3 is 1. The molecule has 0 aliphatic rings. The Morgan fingerprint density at radius 2 is 2.05 bits per heavy atom. The van der Waals surface area contributed by atoms with Gasteiger partial charge in [0.2, 0.25) is 5.78 Å². The molecule has 0 aliphatic carbocycles. The molecule has 0 radical (unpaired) electrons. The molecule has 0 saturated heterocycles. The minimum absolute atomic E-state index is 0.254. The Bertz CT molecular complexity index is 488. The monoisotopic (exact) mass is 292 g/mol. The Morgan fingerprint density at radius 3 is 2.62 bits per heavy atom. The molecule has 1 rings (SSSR count). The zero-order valence-corrected chi connectivity index (χ0v) is 13.1. The molecule has 0 spiro atoms. The Kier molecular flexibility index (Phi) is 6.88. The fourth-order valence-electron chi connectivity index (χ4n) is 2.12. The summed E-state index contributed by atoms with van der Waals surface area (Å²) in [5, 5.41) is 5.62. The van der Waals surface area contributed by atoms with Gasteiger partial charge in [0.15, 0.2) is 0 Å². The van der Waals surface area contributed by atoms with E-state index in [1.165, 1.54) is 0 Å². The van der Waals surface area contributed by atoms with Crippen molar-refractivity contribution in [3.05, 3.63) is 29.8 Å². The predicted molar refractivity (Wildman–Crippen MR) is 82.3 cm³/mol. The van der Waals surface area contributed by atoms with Crippen molar-refractivity contribution in [1.82, 2.24) is 10.6 Å². The van der Waals surface area contributed by atoms with Crippen LogP contribution in [0.2, 0.25) is 0 Å². The van der Waals surface area contributed by atoms with Gasteiger partial charge in [0.25, 0.3) is 5.91 Å². The van der Waals surface area contributed by atoms with Crippen LogP contribution in [0.4, 0.5) is 0 Å². The van der Waals surface area contributed by atoms with Gasteiger partial charge in [-0.15, -0.1) is 0 Å². The fourth-order valence-corrected chi connectivity index (χ4v) is 2.12. The Balaban J connectivity index is 2.70. The summed E-state index contributed by atoms with van der Waals surface area (Å²) in [5.74, 6) is -0.258. The van der Waals surface area contributed by atoms with E-state index in [9.17, 15) is 9.59 Å². The standard InChI is InChI=1S/C16H24N2O3/c1-5-7-14(17-3)15(19)16(20)18-11(2)12-8-6-9-13(10-12)21-4/h6,8-11,14,17H,5,7H2,1-4H3,(H,18,20). The summed E-state index contributed by atoms with van der Waals surface area (Å²) >= 11 is 0. The van der Waals surface area contributed by atoms with Gasteiger partial charge in [-0.25, -0.2) is 0 Å². The van der Waals surface area contributed by atoms with Crippen LogP contribution in [0.15, 0.2) is 24.3 Å². The number of ketones is 1. The van der Waals surface area contributed by atoms with Crippen LogP contribution in [0.5, 0.6) is 5.75 Å². The van der Waals surface area contributed by atoms with Crippen LogP contribution < -0.4 is 15.4 Å². The summed E-state index contributed by atoms with van der Waals surface area (Å²) in [6.07, 6.45) is 1.49. The molecule has 0 aliphatic heterocycles. The third-order valence-electron chi connectivity index (χ3n) is 3.41. The number of hydrogen-bond donors (Lipinski definition) is 2. The second kappa shape index (κ2) is 8.42. The molecule has 1 aromatic carbocycles. The number of rotatable bonds is 8. The molecule has 1 aromatic rings. The maximum atomic E-state index is 12.1. The molecular weight excluding hydrogens is 268 g/mol. The first-order valence-electron chi connectivity index (χ1n) is 7.19. The van der Waals surface area contributed by atoms with E-state index in [2.05, 4.69) is 10.6 Å². The van der Waals surface area contributed by atoms with E-state index in [4.69, 9.17) is 4.74 Å². The van der Waals surface area contributed by atoms with E-state index in [0.29, 0.717) is 6.42 Å².